The maximum Gasteiger partial charge on any atom is 0.130 e. The zero-order valence-electron chi connectivity index (χ0n) is 11.3. The van der Waals surface area contributed by atoms with Crippen LogP contribution in [0, 0.1) is 13.8 Å². The number of rotatable bonds is 5. The quantitative estimate of drug-likeness (QED) is 0.864. The molecule has 0 aliphatic carbocycles. The van der Waals surface area contributed by atoms with Crippen molar-refractivity contribution in [2.75, 3.05) is 18.5 Å². The molecule has 1 aromatic heterocycles. The monoisotopic (exact) mass is 257 g/mol. The van der Waals surface area contributed by atoms with Crippen molar-refractivity contribution in [2.45, 2.75) is 13.8 Å². The molecule has 0 aliphatic rings. The molecule has 1 heterocycles. The van der Waals surface area contributed by atoms with Crippen molar-refractivity contribution in [3.8, 4) is 5.75 Å². The van der Waals surface area contributed by atoms with Crippen molar-refractivity contribution in [1.82, 2.24) is 4.98 Å². The third kappa shape index (κ3) is 3.45. The predicted octanol–water partition coefficient (Wildman–Crippen LogP) is 2.78. The second-order valence-corrected chi connectivity index (χ2v) is 4.41. The fraction of sp³-hybridized carbons (Fsp3) is 0.267. The van der Waals surface area contributed by atoms with Crippen LogP contribution in [0.4, 0.5) is 11.5 Å². The lowest BCUT2D eigenvalue weighted by molar-refractivity contribution is 0.328. The number of nitrogens with two attached hydrogens (primary N) is 1. The molecule has 0 fully saturated rings. The van der Waals surface area contributed by atoms with Crippen LogP contribution in [0.15, 0.2) is 36.5 Å². The number of aromatic nitrogens is 1. The van der Waals surface area contributed by atoms with E-state index in [9.17, 15) is 0 Å². The first-order chi connectivity index (χ1) is 9.20. The number of hydrogen-bond donors (Lipinski definition) is 2. The minimum Gasteiger partial charge on any atom is -0.492 e. The van der Waals surface area contributed by atoms with Gasteiger partial charge in [-0.2, -0.15) is 0 Å². The van der Waals surface area contributed by atoms with Gasteiger partial charge in [-0.3, -0.25) is 0 Å². The Balaban J connectivity index is 2.22. The number of hydrogen-bond acceptors (Lipinski definition) is 4. The number of nitrogens with zero attached hydrogens (tertiary/aromatic N) is 1. The SMILES string of the molecule is Cc1cc(OCCN)cc(C)c1Nc1ccccn1. The highest BCUT2D eigenvalue weighted by molar-refractivity contribution is 5.66. The van der Waals surface area contributed by atoms with Crippen molar-refractivity contribution < 1.29 is 4.74 Å². The minimum atomic E-state index is 0.520. The normalized spacial score (nSPS) is 10.3. The summed E-state index contributed by atoms with van der Waals surface area (Å²) in [6.07, 6.45) is 1.77. The Morgan fingerprint density at radius 3 is 2.53 bits per heavy atom. The largest absolute Gasteiger partial charge is 0.492 e. The van der Waals surface area contributed by atoms with Gasteiger partial charge in [0.1, 0.15) is 18.2 Å². The van der Waals surface area contributed by atoms with Crippen LogP contribution >= 0.6 is 0 Å². The van der Waals surface area contributed by atoms with Gasteiger partial charge in [0.05, 0.1) is 0 Å². The van der Waals surface area contributed by atoms with Gasteiger partial charge in [-0.25, -0.2) is 4.98 Å². The molecule has 0 saturated carbocycles. The summed E-state index contributed by atoms with van der Waals surface area (Å²) in [4.78, 5) is 4.27. The smallest absolute Gasteiger partial charge is 0.130 e. The molecular weight excluding hydrogens is 238 g/mol. The Hall–Kier alpha value is -2.07. The molecule has 100 valence electrons. The fourth-order valence-electron chi connectivity index (χ4n) is 1.95. The maximum absolute atomic E-state index is 5.55. The Morgan fingerprint density at radius 1 is 1.21 bits per heavy atom. The van der Waals surface area contributed by atoms with Crippen LogP contribution in [0.25, 0.3) is 0 Å². The van der Waals surface area contributed by atoms with E-state index in [4.69, 9.17) is 10.5 Å². The average molecular weight is 257 g/mol. The molecule has 0 unspecified atom stereocenters. The second-order valence-electron chi connectivity index (χ2n) is 4.41. The lowest BCUT2D eigenvalue weighted by Crippen LogP contribution is -2.11. The van der Waals surface area contributed by atoms with Gasteiger partial charge in [-0.05, 0) is 49.2 Å². The standard InChI is InChI=1S/C15H19N3O/c1-11-9-13(19-8-6-16)10-12(2)15(11)18-14-5-3-4-7-17-14/h3-5,7,9-10H,6,8,16H2,1-2H3,(H,17,18). The van der Waals surface area contributed by atoms with Crippen molar-refractivity contribution in [2.24, 2.45) is 5.73 Å². The van der Waals surface area contributed by atoms with E-state index < -0.39 is 0 Å². The van der Waals surface area contributed by atoms with Crippen molar-refractivity contribution in [3.63, 3.8) is 0 Å². The van der Waals surface area contributed by atoms with Gasteiger partial charge in [0, 0.05) is 18.4 Å². The van der Waals surface area contributed by atoms with E-state index in [0.717, 1.165) is 28.4 Å². The van der Waals surface area contributed by atoms with E-state index in [-0.39, 0.29) is 0 Å². The third-order valence-corrected chi connectivity index (χ3v) is 2.81. The van der Waals surface area contributed by atoms with E-state index in [1.165, 1.54) is 0 Å². The summed E-state index contributed by atoms with van der Waals surface area (Å²) in [5.74, 6) is 1.69. The molecule has 4 heteroatoms. The van der Waals surface area contributed by atoms with Crippen LogP contribution in [0.1, 0.15) is 11.1 Å². The van der Waals surface area contributed by atoms with E-state index in [2.05, 4.69) is 10.3 Å². The highest BCUT2D eigenvalue weighted by atomic mass is 16.5. The number of nitrogens with one attached hydrogen (secondary N) is 1. The summed E-state index contributed by atoms with van der Waals surface area (Å²) in [5.41, 5.74) is 8.75. The third-order valence-electron chi connectivity index (χ3n) is 2.81. The average Bonchev–Trinajstić information content (AvgIpc) is 2.42. The summed E-state index contributed by atoms with van der Waals surface area (Å²) in [7, 11) is 0. The molecule has 2 aromatic rings. The molecule has 0 radical (unpaired) electrons. The summed E-state index contributed by atoms with van der Waals surface area (Å²) < 4.78 is 5.55. The number of pyridine rings is 1. The molecule has 0 amide bonds. The first-order valence-electron chi connectivity index (χ1n) is 6.33. The van der Waals surface area contributed by atoms with Gasteiger partial charge in [0.2, 0.25) is 0 Å². The lowest BCUT2D eigenvalue weighted by atomic mass is 10.1. The molecule has 0 bridgehead atoms. The highest BCUT2D eigenvalue weighted by Gasteiger charge is 2.06. The molecule has 4 nitrogen and oxygen atoms in total. The predicted molar refractivity (Wildman–Crippen MR) is 78.0 cm³/mol. The van der Waals surface area contributed by atoms with Gasteiger partial charge in [-0.1, -0.05) is 6.07 Å². The number of ether oxygens (including phenoxy) is 1. The van der Waals surface area contributed by atoms with Crippen LogP contribution in [0.2, 0.25) is 0 Å². The summed E-state index contributed by atoms with van der Waals surface area (Å²) in [6, 6.07) is 9.81. The van der Waals surface area contributed by atoms with Crippen LogP contribution in [-0.2, 0) is 0 Å². The van der Waals surface area contributed by atoms with Crippen LogP contribution < -0.4 is 15.8 Å². The molecule has 0 atom stereocenters. The first-order valence-corrected chi connectivity index (χ1v) is 6.33. The Kier molecular flexibility index (Phi) is 4.36. The summed E-state index contributed by atoms with van der Waals surface area (Å²) in [5, 5.41) is 3.33. The molecule has 3 N–H and O–H groups in total. The molecule has 0 spiro atoms. The summed E-state index contributed by atoms with van der Waals surface area (Å²) in [6.45, 7) is 5.15. The van der Waals surface area contributed by atoms with Crippen molar-refractivity contribution in [1.29, 1.82) is 0 Å². The number of aryl methyl sites for hydroxylation is 2. The van der Waals surface area contributed by atoms with Crippen LogP contribution in [0.3, 0.4) is 0 Å². The molecular formula is C15H19N3O. The van der Waals surface area contributed by atoms with Crippen LogP contribution in [-0.4, -0.2) is 18.1 Å². The van der Waals surface area contributed by atoms with E-state index >= 15 is 0 Å². The van der Waals surface area contributed by atoms with Gasteiger partial charge < -0.3 is 15.8 Å². The zero-order chi connectivity index (χ0) is 13.7. The minimum absolute atomic E-state index is 0.520. The lowest BCUT2D eigenvalue weighted by Gasteiger charge is -2.14. The van der Waals surface area contributed by atoms with Gasteiger partial charge >= 0.3 is 0 Å². The molecule has 0 saturated heterocycles. The maximum atomic E-state index is 5.55. The number of anilines is 2. The Morgan fingerprint density at radius 2 is 1.95 bits per heavy atom. The van der Waals surface area contributed by atoms with Gasteiger partial charge in [0.15, 0.2) is 0 Å². The topological polar surface area (TPSA) is 60.2 Å². The van der Waals surface area contributed by atoms with E-state index in [0.29, 0.717) is 13.2 Å². The van der Waals surface area contributed by atoms with Gasteiger partial charge in [-0.15, -0.1) is 0 Å². The number of benzene rings is 1. The van der Waals surface area contributed by atoms with Crippen molar-refractivity contribution >= 4 is 11.5 Å². The molecule has 2 rings (SSSR count). The second kappa shape index (κ2) is 6.20. The van der Waals surface area contributed by atoms with Gasteiger partial charge in [0.25, 0.3) is 0 Å². The Bertz CT molecular complexity index is 517. The summed E-state index contributed by atoms with van der Waals surface area (Å²) >= 11 is 0. The fourth-order valence-corrected chi connectivity index (χ4v) is 1.95. The molecule has 0 aliphatic heterocycles. The van der Waals surface area contributed by atoms with Crippen LogP contribution in [0.5, 0.6) is 5.75 Å². The van der Waals surface area contributed by atoms with Crippen molar-refractivity contribution in [3.05, 3.63) is 47.7 Å². The van der Waals surface area contributed by atoms with E-state index in [1.807, 2.05) is 44.2 Å². The molecule has 1 aromatic carbocycles. The first kappa shape index (κ1) is 13.4. The zero-order valence-corrected chi connectivity index (χ0v) is 11.3. The highest BCUT2D eigenvalue weighted by Crippen LogP contribution is 2.28. The Labute approximate surface area is 113 Å². The van der Waals surface area contributed by atoms with E-state index in [1.54, 1.807) is 6.20 Å². The molecule has 19 heavy (non-hydrogen) atoms.